The second-order valence-electron chi connectivity index (χ2n) is 7.69. The summed E-state index contributed by atoms with van der Waals surface area (Å²) in [6, 6.07) is 7.63. The second kappa shape index (κ2) is 9.00. The minimum atomic E-state index is -0.105. The lowest BCUT2D eigenvalue weighted by Gasteiger charge is -2.15. The Balaban J connectivity index is 1.38. The summed E-state index contributed by atoms with van der Waals surface area (Å²) in [7, 11) is 0. The number of amides is 1. The second-order valence-corrected chi connectivity index (χ2v) is 8.78. The predicted molar refractivity (Wildman–Crippen MR) is 119 cm³/mol. The van der Waals surface area contributed by atoms with Gasteiger partial charge in [-0.15, -0.1) is 11.3 Å². The van der Waals surface area contributed by atoms with Crippen LogP contribution in [0.3, 0.4) is 0 Å². The first-order chi connectivity index (χ1) is 14.5. The summed E-state index contributed by atoms with van der Waals surface area (Å²) in [6.45, 7) is 4.53. The largest absolute Gasteiger partial charge is 0.494 e. The van der Waals surface area contributed by atoms with Gasteiger partial charge >= 0.3 is 0 Å². The first-order valence-corrected chi connectivity index (χ1v) is 11.4. The lowest BCUT2D eigenvalue weighted by atomic mass is 9.97. The third-order valence-corrected chi connectivity index (χ3v) is 6.72. The molecule has 1 aliphatic carbocycles. The maximum absolute atomic E-state index is 12.6. The van der Waals surface area contributed by atoms with E-state index in [-0.39, 0.29) is 23.9 Å². The van der Waals surface area contributed by atoms with Crippen molar-refractivity contribution in [3.63, 3.8) is 0 Å². The van der Waals surface area contributed by atoms with E-state index >= 15 is 0 Å². The molecular weight excluding hydrogens is 398 g/mol. The molecule has 2 heterocycles. The molecule has 1 aliphatic rings. The summed E-state index contributed by atoms with van der Waals surface area (Å²) in [5.41, 5.74) is 2.13. The van der Waals surface area contributed by atoms with E-state index in [2.05, 4.69) is 15.3 Å². The Bertz CT molecular complexity index is 1100. The number of aromatic amines is 1. The fraction of sp³-hybridized carbons (Fsp3) is 0.435. The number of carbonyl (C=O) groups excluding carboxylic acids is 1. The van der Waals surface area contributed by atoms with Crippen LogP contribution in [-0.4, -0.2) is 22.5 Å². The van der Waals surface area contributed by atoms with Gasteiger partial charge in [-0.25, -0.2) is 4.98 Å². The number of carbonyl (C=O) groups is 1. The summed E-state index contributed by atoms with van der Waals surface area (Å²) in [5.74, 6) is 1.33. The van der Waals surface area contributed by atoms with E-state index in [9.17, 15) is 9.59 Å². The number of rotatable bonds is 7. The zero-order chi connectivity index (χ0) is 21.1. The van der Waals surface area contributed by atoms with Gasteiger partial charge in [0, 0.05) is 17.7 Å². The van der Waals surface area contributed by atoms with E-state index in [0.717, 1.165) is 40.8 Å². The first kappa shape index (κ1) is 20.6. The van der Waals surface area contributed by atoms with Crippen molar-refractivity contribution >= 4 is 27.5 Å². The molecule has 1 amide bonds. The van der Waals surface area contributed by atoms with Crippen molar-refractivity contribution in [1.29, 1.82) is 0 Å². The molecular formula is C23H27N3O3S. The third-order valence-electron chi connectivity index (χ3n) is 5.53. The molecule has 2 N–H and O–H groups in total. The third kappa shape index (κ3) is 4.41. The Hall–Kier alpha value is -2.67. The quantitative estimate of drug-likeness (QED) is 0.598. The highest BCUT2D eigenvalue weighted by atomic mass is 32.1. The summed E-state index contributed by atoms with van der Waals surface area (Å²) >= 11 is 1.63. The minimum absolute atomic E-state index is 0.0652. The van der Waals surface area contributed by atoms with Crippen molar-refractivity contribution in [2.45, 2.75) is 58.4 Å². The highest BCUT2D eigenvalue weighted by molar-refractivity contribution is 7.18. The lowest BCUT2D eigenvalue weighted by molar-refractivity contribution is -0.121. The van der Waals surface area contributed by atoms with E-state index in [1.54, 1.807) is 11.3 Å². The van der Waals surface area contributed by atoms with Crippen LogP contribution in [-0.2, 0) is 24.1 Å². The SMILES string of the molecule is CCOc1ccc(C(C)NC(=O)CCc2nc3sc4c(c3c(=O)[nH]2)CCCC4)cc1. The van der Waals surface area contributed by atoms with Crippen molar-refractivity contribution < 1.29 is 9.53 Å². The van der Waals surface area contributed by atoms with Crippen LogP contribution in [0.25, 0.3) is 10.2 Å². The molecule has 6 nitrogen and oxygen atoms in total. The number of fused-ring (bicyclic) bond motifs is 3. The van der Waals surface area contributed by atoms with Crippen LogP contribution in [0.1, 0.15) is 61.0 Å². The average molecular weight is 426 g/mol. The van der Waals surface area contributed by atoms with Gasteiger partial charge in [-0.1, -0.05) is 12.1 Å². The number of thiophene rings is 1. The van der Waals surface area contributed by atoms with Crippen molar-refractivity contribution in [3.8, 4) is 5.75 Å². The lowest BCUT2D eigenvalue weighted by Crippen LogP contribution is -2.27. The van der Waals surface area contributed by atoms with Crippen LogP contribution >= 0.6 is 11.3 Å². The number of nitrogens with zero attached hydrogens (tertiary/aromatic N) is 1. The number of hydrogen-bond donors (Lipinski definition) is 2. The number of nitrogens with one attached hydrogen (secondary N) is 2. The summed E-state index contributed by atoms with van der Waals surface area (Å²) in [4.78, 5) is 34.7. The van der Waals surface area contributed by atoms with Gasteiger partial charge in [0.15, 0.2) is 0 Å². The van der Waals surface area contributed by atoms with E-state index in [4.69, 9.17) is 4.74 Å². The zero-order valence-electron chi connectivity index (χ0n) is 17.4. The summed E-state index contributed by atoms with van der Waals surface area (Å²) in [5, 5.41) is 3.77. The molecule has 2 aromatic heterocycles. The van der Waals surface area contributed by atoms with Gasteiger partial charge in [0.1, 0.15) is 16.4 Å². The molecule has 1 atom stereocenters. The molecule has 1 aromatic carbocycles. The van der Waals surface area contributed by atoms with Gasteiger partial charge < -0.3 is 15.0 Å². The van der Waals surface area contributed by atoms with Crippen LogP contribution in [0.4, 0.5) is 0 Å². The van der Waals surface area contributed by atoms with Crippen molar-refractivity contribution in [2.75, 3.05) is 6.61 Å². The van der Waals surface area contributed by atoms with Gasteiger partial charge in [0.2, 0.25) is 5.91 Å². The Labute approximate surface area is 179 Å². The number of hydrogen-bond acceptors (Lipinski definition) is 5. The van der Waals surface area contributed by atoms with Crippen LogP contribution in [0.2, 0.25) is 0 Å². The maximum atomic E-state index is 12.6. The highest BCUT2D eigenvalue weighted by Gasteiger charge is 2.20. The van der Waals surface area contributed by atoms with Crippen molar-refractivity contribution in [2.24, 2.45) is 0 Å². The Morgan fingerprint density at radius 2 is 2.03 bits per heavy atom. The molecule has 0 bridgehead atoms. The van der Waals surface area contributed by atoms with E-state index in [0.29, 0.717) is 18.9 Å². The normalized spacial score (nSPS) is 14.3. The average Bonchev–Trinajstić information content (AvgIpc) is 3.12. The Morgan fingerprint density at radius 1 is 1.27 bits per heavy atom. The van der Waals surface area contributed by atoms with Crippen molar-refractivity contribution in [3.05, 3.63) is 56.4 Å². The number of ether oxygens (including phenoxy) is 1. The molecule has 158 valence electrons. The molecule has 0 saturated carbocycles. The molecule has 0 spiro atoms. The molecule has 30 heavy (non-hydrogen) atoms. The number of benzene rings is 1. The Kier molecular flexibility index (Phi) is 6.18. The molecule has 0 saturated heterocycles. The van der Waals surface area contributed by atoms with Gasteiger partial charge in [0.25, 0.3) is 5.56 Å². The Morgan fingerprint density at radius 3 is 2.80 bits per heavy atom. The highest BCUT2D eigenvalue weighted by Crippen LogP contribution is 2.33. The smallest absolute Gasteiger partial charge is 0.259 e. The molecule has 0 aliphatic heterocycles. The van der Waals surface area contributed by atoms with Gasteiger partial charge in [-0.3, -0.25) is 9.59 Å². The van der Waals surface area contributed by atoms with Crippen LogP contribution in [0.5, 0.6) is 5.75 Å². The van der Waals surface area contributed by atoms with E-state index in [1.165, 1.54) is 16.9 Å². The molecule has 4 rings (SSSR count). The molecule has 7 heteroatoms. The minimum Gasteiger partial charge on any atom is -0.494 e. The fourth-order valence-corrected chi connectivity index (χ4v) is 5.26. The summed E-state index contributed by atoms with van der Waals surface area (Å²) in [6.07, 6.45) is 5.00. The standard InChI is InChI=1S/C23H27N3O3S/c1-3-29-16-10-8-15(9-11-16)14(2)24-20(27)13-12-19-25-22(28)21-17-6-4-5-7-18(17)30-23(21)26-19/h8-11,14H,3-7,12-13H2,1-2H3,(H,24,27)(H,25,26,28). The van der Waals surface area contributed by atoms with Gasteiger partial charge in [-0.2, -0.15) is 0 Å². The van der Waals surface area contributed by atoms with Gasteiger partial charge in [0.05, 0.1) is 18.0 Å². The monoisotopic (exact) mass is 425 g/mol. The van der Waals surface area contributed by atoms with Crippen LogP contribution < -0.4 is 15.6 Å². The maximum Gasteiger partial charge on any atom is 0.259 e. The van der Waals surface area contributed by atoms with Gasteiger partial charge in [-0.05, 0) is 62.8 Å². The number of H-pyrrole nitrogens is 1. The molecule has 3 aromatic rings. The summed E-state index contributed by atoms with van der Waals surface area (Å²) < 4.78 is 5.45. The molecule has 0 radical (unpaired) electrons. The number of aryl methyl sites for hydroxylation is 3. The van der Waals surface area contributed by atoms with Crippen LogP contribution in [0, 0.1) is 0 Å². The molecule has 1 unspecified atom stereocenters. The molecule has 0 fully saturated rings. The van der Waals surface area contributed by atoms with E-state index in [1.807, 2.05) is 38.1 Å². The number of aromatic nitrogens is 2. The van der Waals surface area contributed by atoms with Crippen molar-refractivity contribution in [1.82, 2.24) is 15.3 Å². The first-order valence-electron chi connectivity index (χ1n) is 10.6. The predicted octanol–water partition coefficient (Wildman–Crippen LogP) is 4.07. The fourth-order valence-electron chi connectivity index (χ4n) is 3.98. The van der Waals surface area contributed by atoms with Crippen LogP contribution in [0.15, 0.2) is 29.1 Å². The topological polar surface area (TPSA) is 84.1 Å². The van der Waals surface area contributed by atoms with E-state index < -0.39 is 0 Å². The zero-order valence-corrected chi connectivity index (χ0v) is 18.2.